The monoisotopic (exact) mass is 281 g/mol. The number of benzene rings is 1. The Morgan fingerprint density at radius 2 is 2.12 bits per heavy atom. The number of hydrogen-bond donors (Lipinski definition) is 1. The van der Waals surface area contributed by atoms with Crippen molar-refractivity contribution in [3.05, 3.63) is 34.3 Å². The second kappa shape index (κ2) is 5.83. The Kier molecular flexibility index (Phi) is 4.42. The molecule has 0 radical (unpaired) electrons. The summed E-state index contributed by atoms with van der Waals surface area (Å²) in [4.78, 5) is 0. The van der Waals surface area contributed by atoms with Crippen LogP contribution in [-0.2, 0) is 6.42 Å². The van der Waals surface area contributed by atoms with Crippen LogP contribution in [0.15, 0.2) is 28.7 Å². The molecule has 2 heteroatoms. The van der Waals surface area contributed by atoms with Crippen LogP contribution in [0.4, 0.5) is 0 Å². The Bertz CT molecular complexity index is 331. The first-order chi connectivity index (χ1) is 7.79. The predicted molar refractivity (Wildman–Crippen MR) is 72.7 cm³/mol. The molecule has 1 aromatic carbocycles. The van der Waals surface area contributed by atoms with Crippen LogP contribution in [0.25, 0.3) is 0 Å². The van der Waals surface area contributed by atoms with E-state index in [-0.39, 0.29) is 0 Å². The Morgan fingerprint density at radius 1 is 1.38 bits per heavy atom. The second-order valence-electron chi connectivity index (χ2n) is 4.77. The van der Waals surface area contributed by atoms with Gasteiger partial charge in [-0.2, -0.15) is 0 Å². The van der Waals surface area contributed by atoms with Crippen LogP contribution in [0.2, 0.25) is 0 Å². The third-order valence-corrected chi connectivity index (χ3v) is 4.18. The average molecular weight is 282 g/mol. The van der Waals surface area contributed by atoms with Gasteiger partial charge in [-0.25, -0.2) is 0 Å². The van der Waals surface area contributed by atoms with Gasteiger partial charge in [0.2, 0.25) is 0 Å². The molecule has 88 valence electrons. The number of likely N-dealkylation sites (N-methyl/N-ethyl adjacent to an activating group) is 1. The summed E-state index contributed by atoms with van der Waals surface area (Å²) >= 11 is 3.54. The largest absolute Gasteiger partial charge is 0.316 e. The maximum Gasteiger partial charge on any atom is 0.0178 e. The number of rotatable bonds is 4. The van der Waals surface area contributed by atoms with Crippen molar-refractivity contribution in [3.63, 3.8) is 0 Å². The van der Waals surface area contributed by atoms with Gasteiger partial charge in [-0.3, -0.25) is 0 Å². The summed E-state index contributed by atoms with van der Waals surface area (Å²) in [7, 11) is 2.10. The van der Waals surface area contributed by atoms with Crippen molar-refractivity contribution in [2.75, 3.05) is 7.05 Å². The van der Waals surface area contributed by atoms with Gasteiger partial charge in [0.15, 0.2) is 0 Å². The van der Waals surface area contributed by atoms with E-state index < -0.39 is 0 Å². The molecule has 1 atom stereocenters. The second-order valence-corrected chi connectivity index (χ2v) is 5.69. The minimum atomic E-state index is 0.650. The van der Waals surface area contributed by atoms with Crippen LogP contribution >= 0.6 is 15.9 Å². The van der Waals surface area contributed by atoms with Crippen LogP contribution in [0.3, 0.4) is 0 Å². The summed E-state index contributed by atoms with van der Waals surface area (Å²) in [6.45, 7) is 0. The smallest absolute Gasteiger partial charge is 0.0178 e. The van der Waals surface area contributed by atoms with E-state index in [1.54, 1.807) is 0 Å². The minimum Gasteiger partial charge on any atom is -0.316 e. The van der Waals surface area contributed by atoms with E-state index in [0.717, 1.165) is 12.3 Å². The maximum absolute atomic E-state index is 3.54. The molecule has 1 N–H and O–H groups in total. The fourth-order valence-corrected chi connectivity index (χ4v) is 3.23. The maximum atomic E-state index is 3.54. The molecule has 0 heterocycles. The highest BCUT2D eigenvalue weighted by Gasteiger charge is 2.23. The van der Waals surface area contributed by atoms with E-state index in [4.69, 9.17) is 0 Å². The van der Waals surface area contributed by atoms with Gasteiger partial charge < -0.3 is 5.32 Å². The van der Waals surface area contributed by atoms with Gasteiger partial charge in [-0.1, -0.05) is 40.9 Å². The first kappa shape index (κ1) is 12.1. The third-order valence-electron chi connectivity index (χ3n) is 3.68. The van der Waals surface area contributed by atoms with Crippen LogP contribution < -0.4 is 5.32 Å². The summed E-state index contributed by atoms with van der Waals surface area (Å²) in [5, 5.41) is 3.50. The Balaban J connectivity index is 2.00. The summed E-state index contributed by atoms with van der Waals surface area (Å²) in [6, 6.07) is 9.33. The van der Waals surface area contributed by atoms with E-state index >= 15 is 0 Å². The highest BCUT2D eigenvalue weighted by Crippen LogP contribution is 2.29. The molecule has 0 bridgehead atoms. The lowest BCUT2D eigenvalue weighted by atomic mass is 9.92. The topological polar surface area (TPSA) is 12.0 Å². The molecule has 0 saturated heterocycles. The summed E-state index contributed by atoms with van der Waals surface area (Å²) in [6.07, 6.45) is 6.79. The first-order valence-electron chi connectivity index (χ1n) is 6.21. The fraction of sp³-hybridized carbons (Fsp3) is 0.571. The molecule has 1 unspecified atom stereocenters. The molecule has 0 amide bonds. The Labute approximate surface area is 107 Å². The number of nitrogens with one attached hydrogen (secondary N) is 1. The number of hydrogen-bond acceptors (Lipinski definition) is 1. The fourth-order valence-electron chi connectivity index (χ4n) is 2.78. The lowest BCUT2D eigenvalue weighted by Crippen LogP contribution is -2.34. The zero-order valence-corrected chi connectivity index (χ0v) is 11.5. The average Bonchev–Trinajstić information content (AvgIpc) is 2.79. The van der Waals surface area contributed by atoms with Gasteiger partial charge in [0.25, 0.3) is 0 Å². The standard InChI is InChI=1S/C14H20BrN/c1-16-14(12-6-2-3-7-12)10-11-5-4-8-13(15)9-11/h4-5,8-9,12,14,16H,2-3,6-7,10H2,1H3. The van der Waals surface area contributed by atoms with Crippen LogP contribution in [0.5, 0.6) is 0 Å². The zero-order valence-electron chi connectivity index (χ0n) is 9.88. The van der Waals surface area contributed by atoms with Gasteiger partial charge in [-0.05, 0) is 49.9 Å². The molecule has 1 saturated carbocycles. The molecule has 1 nitrogen and oxygen atoms in total. The molecule has 0 aliphatic heterocycles. The van der Waals surface area contributed by atoms with Gasteiger partial charge >= 0.3 is 0 Å². The predicted octanol–water partition coefficient (Wildman–Crippen LogP) is 3.77. The lowest BCUT2D eigenvalue weighted by molar-refractivity contribution is 0.377. The molecule has 0 spiro atoms. The molecule has 2 rings (SSSR count). The molecule has 1 aliphatic carbocycles. The molecular formula is C14H20BrN. The quantitative estimate of drug-likeness (QED) is 0.886. The molecule has 0 aromatic heterocycles. The van der Waals surface area contributed by atoms with Crippen molar-refractivity contribution in [3.8, 4) is 0 Å². The van der Waals surface area contributed by atoms with Crippen molar-refractivity contribution >= 4 is 15.9 Å². The zero-order chi connectivity index (χ0) is 11.4. The molecule has 16 heavy (non-hydrogen) atoms. The van der Waals surface area contributed by atoms with Crippen LogP contribution in [0.1, 0.15) is 31.2 Å². The third kappa shape index (κ3) is 3.08. The van der Waals surface area contributed by atoms with E-state index in [1.165, 1.54) is 35.7 Å². The molecule has 1 aliphatic rings. The van der Waals surface area contributed by atoms with Crippen molar-refractivity contribution in [2.24, 2.45) is 5.92 Å². The minimum absolute atomic E-state index is 0.650. The van der Waals surface area contributed by atoms with Crippen molar-refractivity contribution in [2.45, 2.75) is 38.1 Å². The molecular weight excluding hydrogens is 262 g/mol. The van der Waals surface area contributed by atoms with E-state index in [0.29, 0.717) is 6.04 Å². The lowest BCUT2D eigenvalue weighted by Gasteiger charge is -2.23. The highest BCUT2D eigenvalue weighted by atomic mass is 79.9. The summed E-state index contributed by atoms with van der Waals surface area (Å²) in [5.41, 5.74) is 1.43. The van der Waals surface area contributed by atoms with E-state index in [9.17, 15) is 0 Å². The van der Waals surface area contributed by atoms with Crippen molar-refractivity contribution in [1.82, 2.24) is 5.32 Å². The highest BCUT2D eigenvalue weighted by molar-refractivity contribution is 9.10. The van der Waals surface area contributed by atoms with Crippen molar-refractivity contribution < 1.29 is 0 Å². The van der Waals surface area contributed by atoms with Gasteiger partial charge in [0.05, 0.1) is 0 Å². The van der Waals surface area contributed by atoms with Crippen LogP contribution in [0, 0.1) is 5.92 Å². The normalized spacial score (nSPS) is 18.9. The Hall–Kier alpha value is -0.340. The van der Waals surface area contributed by atoms with Gasteiger partial charge in [-0.15, -0.1) is 0 Å². The van der Waals surface area contributed by atoms with Crippen molar-refractivity contribution in [1.29, 1.82) is 0 Å². The molecule has 1 fully saturated rings. The summed E-state index contributed by atoms with van der Waals surface area (Å²) in [5.74, 6) is 0.879. The van der Waals surface area contributed by atoms with Gasteiger partial charge in [0, 0.05) is 10.5 Å². The summed E-state index contributed by atoms with van der Waals surface area (Å²) < 4.78 is 1.19. The number of halogens is 1. The molecule has 1 aromatic rings. The van der Waals surface area contributed by atoms with Gasteiger partial charge in [0.1, 0.15) is 0 Å². The van der Waals surface area contributed by atoms with Crippen LogP contribution in [-0.4, -0.2) is 13.1 Å². The van der Waals surface area contributed by atoms with E-state index in [1.807, 2.05) is 0 Å². The first-order valence-corrected chi connectivity index (χ1v) is 7.00. The van der Waals surface area contributed by atoms with E-state index in [2.05, 4.69) is 52.6 Å². The SMILES string of the molecule is CNC(Cc1cccc(Br)c1)C1CCCC1. The Morgan fingerprint density at radius 3 is 2.75 bits per heavy atom.